The standard InChI is InChI=1S/C33H57O11P/c1-17(2)7-6-8-18(3)20-9-10-21-25-22(12-14-32(20,21)4)33(5)13-11-19(44-45(39,40)41)15-23(33)30(27(25)36)43-31-29(38)28(37)26(35)24(16-34)42-31/h17-22,24-29,31,34-38H,6-16H2,1-5H3,(H2,39,40,41)/t18-,19?,20-,21?,22?,24-,25?,26-,27?,28+,29+,31-,32-,33-/m1/s1. The first-order valence-electron chi connectivity index (χ1n) is 17.1. The quantitative estimate of drug-likeness (QED) is 0.170. The molecule has 1 saturated heterocycles. The average molecular weight is 661 g/mol. The van der Waals surface area contributed by atoms with Gasteiger partial charge in [-0.3, -0.25) is 4.52 Å². The van der Waals surface area contributed by atoms with Crippen molar-refractivity contribution in [1.82, 2.24) is 0 Å². The molecule has 14 atom stereocenters. The van der Waals surface area contributed by atoms with E-state index in [0.29, 0.717) is 36.2 Å². The van der Waals surface area contributed by atoms with E-state index < -0.39 is 62.8 Å². The molecule has 45 heavy (non-hydrogen) atoms. The minimum atomic E-state index is -4.77. The summed E-state index contributed by atoms with van der Waals surface area (Å²) in [6.07, 6.45) is -0.519. The molecule has 4 fully saturated rings. The lowest BCUT2D eigenvalue weighted by Gasteiger charge is -2.60. The maximum Gasteiger partial charge on any atom is 0.469 e. The number of phosphoric acid groups is 1. The highest BCUT2D eigenvalue weighted by atomic mass is 31.2. The topological polar surface area (TPSA) is 186 Å². The predicted molar refractivity (Wildman–Crippen MR) is 165 cm³/mol. The number of aliphatic hydroxyl groups excluding tert-OH is 5. The summed E-state index contributed by atoms with van der Waals surface area (Å²) in [5.74, 6) is 2.21. The first kappa shape index (κ1) is 35.7. The summed E-state index contributed by atoms with van der Waals surface area (Å²) in [6.45, 7) is 10.9. The van der Waals surface area contributed by atoms with Crippen molar-refractivity contribution < 1.29 is 53.9 Å². The highest BCUT2D eigenvalue weighted by Crippen LogP contribution is 2.68. The molecule has 4 aliphatic carbocycles. The fourth-order valence-electron chi connectivity index (χ4n) is 10.4. The molecule has 0 radical (unpaired) electrons. The molecule has 0 bridgehead atoms. The summed E-state index contributed by atoms with van der Waals surface area (Å²) in [6, 6.07) is 0. The normalized spacial score (nSPS) is 46.0. The Bertz CT molecular complexity index is 1120. The van der Waals surface area contributed by atoms with Crippen LogP contribution in [0.15, 0.2) is 11.3 Å². The van der Waals surface area contributed by atoms with Crippen LogP contribution >= 0.6 is 7.82 Å². The Kier molecular flexibility index (Phi) is 10.6. The third-order valence-electron chi connectivity index (χ3n) is 12.8. The minimum absolute atomic E-state index is 0.0439. The molecule has 0 aromatic heterocycles. The van der Waals surface area contributed by atoms with Crippen LogP contribution in [0.3, 0.4) is 0 Å². The van der Waals surface area contributed by atoms with Gasteiger partial charge in [-0.25, -0.2) is 4.57 Å². The van der Waals surface area contributed by atoms with E-state index in [1.165, 1.54) is 19.3 Å². The maximum absolute atomic E-state index is 12.3. The summed E-state index contributed by atoms with van der Waals surface area (Å²) in [4.78, 5) is 19.2. The van der Waals surface area contributed by atoms with E-state index >= 15 is 0 Å². The van der Waals surface area contributed by atoms with Gasteiger partial charge in [-0.2, -0.15) is 0 Å². The van der Waals surface area contributed by atoms with Crippen molar-refractivity contribution in [2.45, 2.75) is 142 Å². The zero-order valence-electron chi connectivity index (χ0n) is 27.5. The van der Waals surface area contributed by atoms with Crippen LogP contribution in [0.2, 0.25) is 0 Å². The third-order valence-corrected chi connectivity index (χ3v) is 13.3. The summed E-state index contributed by atoms with van der Waals surface area (Å²) < 4.78 is 29.0. The highest BCUT2D eigenvalue weighted by molar-refractivity contribution is 7.46. The lowest BCUT2D eigenvalue weighted by molar-refractivity contribution is -0.297. The maximum atomic E-state index is 12.3. The Labute approximate surface area is 267 Å². The molecule has 0 amide bonds. The SMILES string of the molecule is CC(C)CCC[C@@H](C)[C@H]1CCC2C3C(O)C(O[C@H]4O[C@H](CO)[C@@H](O)[C@H](O)[C@@H]4O)=C4CC(OP(=O)(O)O)CC[C@]4(C)C3CC[C@@]21C. The monoisotopic (exact) mass is 660 g/mol. The van der Waals surface area contributed by atoms with Crippen LogP contribution in [-0.4, -0.2) is 84.8 Å². The summed E-state index contributed by atoms with van der Waals surface area (Å²) >= 11 is 0. The van der Waals surface area contributed by atoms with Gasteiger partial charge in [0, 0.05) is 0 Å². The van der Waals surface area contributed by atoms with Crippen LogP contribution in [0.5, 0.6) is 0 Å². The second kappa shape index (κ2) is 13.4. The van der Waals surface area contributed by atoms with Crippen molar-refractivity contribution in [2.24, 2.45) is 46.3 Å². The molecule has 5 rings (SSSR count). The summed E-state index contributed by atoms with van der Waals surface area (Å²) in [5, 5.41) is 53.7. The fourth-order valence-corrected chi connectivity index (χ4v) is 11.0. The van der Waals surface area contributed by atoms with Gasteiger partial charge in [0.25, 0.3) is 0 Å². The molecule has 1 aliphatic heterocycles. The molecule has 12 heteroatoms. The van der Waals surface area contributed by atoms with Crippen LogP contribution in [0.1, 0.15) is 98.8 Å². The highest BCUT2D eigenvalue weighted by Gasteiger charge is 2.63. The number of ether oxygens (including phenoxy) is 2. The molecule has 11 nitrogen and oxygen atoms in total. The number of hydrogen-bond donors (Lipinski definition) is 7. The number of aliphatic hydroxyl groups is 5. The smallest absolute Gasteiger partial charge is 0.464 e. The van der Waals surface area contributed by atoms with Gasteiger partial charge < -0.3 is 44.8 Å². The Hall–Kier alpha value is -0.590. The number of phosphoric ester groups is 1. The second-order valence-corrected chi connectivity index (χ2v) is 17.0. The molecular weight excluding hydrogens is 603 g/mol. The van der Waals surface area contributed by atoms with Gasteiger partial charge in [-0.15, -0.1) is 0 Å². The van der Waals surface area contributed by atoms with Crippen LogP contribution in [0, 0.1) is 46.3 Å². The molecule has 5 aliphatic rings. The van der Waals surface area contributed by atoms with E-state index in [0.717, 1.165) is 25.7 Å². The molecular formula is C33H57O11P. The van der Waals surface area contributed by atoms with Crippen LogP contribution in [0.25, 0.3) is 0 Å². The number of hydrogen-bond acceptors (Lipinski definition) is 9. The van der Waals surface area contributed by atoms with Gasteiger partial charge in [0.1, 0.15) is 36.3 Å². The molecule has 260 valence electrons. The van der Waals surface area contributed by atoms with Gasteiger partial charge in [0.2, 0.25) is 6.29 Å². The van der Waals surface area contributed by atoms with Crippen molar-refractivity contribution in [3.8, 4) is 0 Å². The Balaban J connectivity index is 1.49. The van der Waals surface area contributed by atoms with Gasteiger partial charge >= 0.3 is 7.82 Å². The van der Waals surface area contributed by atoms with E-state index in [9.17, 15) is 39.9 Å². The van der Waals surface area contributed by atoms with E-state index in [2.05, 4.69) is 34.6 Å². The molecule has 0 aromatic rings. The Morgan fingerprint density at radius 2 is 1.64 bits per heavy atom. The van der Waals surface area contributed by atoms with E-state index in [1.54, 1.807) is 0 Å². The molecule has 3 saturated carbocycles. The van der Waals surface area contributed by atoms with Crippen molar-refractivity contribution in [3.63, 3.8) is 0 Å². The molecule has 5 unspecified atom stereocenters. The van der Waals surface area contributed by atoms with Gasteiger partial charge in [-0.05, 0) is 96.9 Å². The van der Waals surface area contributed by atoms with E-state index in [4.69, 9.17) is 14.0 Å². The first-order valence-corrected chi connectivity index (χ1v) is 18.7. The van der Waals surface area contributed by atoms with Crippen LogP contribution in [0.4, 0.5) is 0 Å². The Morgan fingerprint density at radius 3 is 2.29 bits per heavy atom. The van der Waals surface area contributed by atoms with Gasteiger partial charge in [0.05, 0.1) is 12.7 Å². The van der Waals surface area contributed by atoms with Crippen LogP contribution in [-0.2, 0) is 18.6 Å². The lowest BCUT2D eigenvalue weighted by Crippen LogP contribution is -2.60. The predicted octanol–water partition coefficient (Wildman–Crippen LogP) is 3.62. The van der Waals surface area contributed by atoms with Crippen molar-refractivity contribution >= 4 is 7.82 Å². The number of fused-ring (bicyclic) bond motifs is 5. The van der Waals surface area contributed by atoms with Crippen molar-refractivity contribution in [2.75, 3.05) is 6.61 Å². The van der Waals surface area contributed by atoms with Crippen LogP contribution < -0.4 is 0 Å². The summed E-state index contributed by atoms with van der Waals surface area (Å²) in [5.41, 5.74) is 0.283. The lowest BCUT2D eigenvalue weighted by atomic mass is 9.46. The zero-order valence-corrected chi connectivity index (χ0v) is 28.4. The summed E-state index contributed by atoms with van der Waals surface area (Å²) in [7, 11) is -4.77. The largest absolute Gasteiger partial charge is 0.469 e. The zero-order chi connectivity index (χ0) is 33.1. The molecule has 0 spiro atoms. The minimum Gasteiger partial charge on any atom is -0.464 e. The van der Waals surface area contributed by atoms with E-state index in [-0.39, 0.29) is 35.3 Å². The van der Waals surface area contributed by atoms with E-state index in [1.807, 2.05) is 0 Å². The van der Waals surface area contributed by atoms with Gasteiger partial charge in [0.15, 0.2) is 0 Å². The van der Waals surface area contributed by atoms with Crippen molar-refractivity contribution in [1.29, 1.82) is 0 Å². The second-order valence-electron chi connectivity index (χ2n) is 15.8. The Morgan fingerprint density at radius 1 is 0.933 bits per heavy atom. The third kappa shape index (κ3) is 6.70. The average Bonchev–Trinajstić information content (AvgIpc) is 3.32. The molecule has 0 aromatic carbocycles. The first-order chi connectivity index (χ1) is 21.0. The number of rotatable bonds is 10. The fraction of sp³-hybridized carbons (Fsp3) is 0.939. The van der Waals surface area contributed by atoms with Gasteiger partial charge in [-0.1, -0.05) is 53.9 Å². The molecule has 1 heterocycles. The molecule has 7 N–H and O–H groups in total. The van der Waals surface area contributed by atoms with Crippen molar-refractivity contribution in [3.05, 3.63) is 11.3 Å².